The van der Waals surface area contributed by atoms with Crippen molar-refractivity contribution in [3.63, 3.8) is 0 Å². The van der Waals surface area contributed by atoms with Gasteiger partial charge in [0.2, 0.25) is 5.91 Å². The average molecular weight is 289 g/mol. The number of likely N-dealkylation sites (tertiary alicyclic amines) is 1. The zero-order valence-corrected chi connectivity index (χ0v) is 12.5. The molecule has 2 atom stereocenters. The number of aliphatic hydroxyl groups is 1. The number of hydrogen-bond acceptors (Lipinski definition) is 3. The van der Waals surface area contributed by atoms with Crippen LogP contribution in [0.1, 0.15) is 42.7 Å². The lowest BCUT2D eigenvalue weighted by atomic mass is 9.81. The SMILES string of the molecule is COc1ccc2c(c1)CCCC2CC(=O)N1CC[C@@H](O)C1. The first-order valence-corrected chi connectivity index (χ1v) is 7.80. The van der Waals surface area contributed by atoms with Crippen LogP contribution in [0.15, 0.2) is 18.2 Å². The molecule has 1 saturated heterocycles. The van der Waals surface area contributed by atoms with Gasteiger partial charge in [0, 0.05) is 19.5 Å². The van der Waals surface area contributed by atoms with Crippen LogP contribution in [0.3, 0.4) is 0 Å². The van der Waals surface area contributed by atoms with Crippen molar-refractivity contribution in [3.05, 3.63) is 29.3 Å². The number of aliphatic hydroxyl groups excluding tert-OH is 1. The molecule has 1 aromatic carbocycles. The number of aryl methyl sites for hydroxylation is 1. The van der Waals surface area contributed by atoms with Crippen molar-refractivity contribution >= 4 is 5.91 Å². The highest BCUT2D eigenvalue weighted by Gasteiger charge is 2.28. The van der Waals surface area contributed by atoms with Gasteiger partial charge in [-0.25, -0.2) is 0 Å². The van der Waals surface area contributed by atoms with Gasteiger partial charge in [-0.15, -0.1) is 0 Å². The Bertz CT molecular complexity index is 529. The van der Waals surface area contributed by atoms with Crippen LogP contribution < -0.4 is 4.74 Å². The van der Waals surface area contributed by atoms with Crippen molar-refractivity contribution in [2.24, 2.45) is 0 Å². The lowest BCUT2D eigenvalue weighted by molar-refractivity contribution is -0.131. The fourth-order valence-corrected chi connectivity index (χ4v) is 3.54. The van der Waals surface area contributed by atoms with Gasteiger partial charge in [0.05, 0.1) is 13.2 Å². The number of ether oxygens (including phenoxy) is 1. The molecule has 1 amide bonds. The molecule has 1 heterocycles. The van der Waals surface area contributed by atoms with Gasteiger partial charge in [-0.05, 0) is 54.9 Å². The lowest BCUT2D eigenvalue weighted by Crippen LogP contribution is -2.31. The maximum atomic E-state index is 12.4. The number of nitrogens with zero attached hydrogens (tertiary/aromatic N) is 1. The molecule has 114 valence electrons. The van der Waals surface area contributed by atoms with Crippen molar-refractivity contribution in [2.75, 3.05) is 20.2 Å². The van der Waals surface area contributed by atoms with E-state index in [4.69, 9.17) is 4.74 Å². The summed E-state index contributed by atoms with van der Waals surface area (Å²) in [5.41, 5.74) is 2.62. The molecular weight excluding hydrogens is 266 g/mol. The molecule has 1 fully saturated rings. The molecule has 3 rings (SSSR count). The predicted molar refractivity (Wildman–Crippen MR) is 80.5 cm³/mol. The van der Waals surface area contributed by atoms with Crippen LogP contribution >= 0.6 is 0 Å². The van der Waals surface area contributed by atoms with E-state index in [2.05, 4.69) is 12.1 Å². The first-order chi connectivity index (χ1) is 10.2. The van der Waals surface area contributed by atoms with E-state index >= 15 is 0 Å². The first-order valence-electron chi connectivity index (χ1n) is 7.80. The maximum Gasteiger partial charge on any atom is 0.223 e. The number of benzene rings is 1. The average Bonchev–Trinajstić information content (AvgIpc) is 2.93. The van der Waals surface area contributed by atoms with Crippen LogP contribution in [0.2, 0.25) is 0 Å². The van der Waals surface area contributed by atoms with Gasteiger partial charge < -0.3 is 14.7 Å². The summed E-state index contributed by atoms with van der Waals surface area (Å²) in [5, 5.41) is 9.56. The lowest BCUT2D eigenvalue weighted by Gasteiger charge is -2.27. The molecule has 2 aliphatic rings. The van der Waals surface area contributed by atoms with Crippen LogP contribution in [0.25, 0.3) is 0 Å². The molecule has 21 heavy (non-hydrogen) atoms. The number of fused-ring (bicyclic) bond motifs is 1. The summed E-state index contributed by atoms with van der Waals surface area (Å²) >= 11 is 0. The minimum Gasteiger partial charge on any atom is -0.497 e. The monoisotopic (exact) mass is 289 g/mol. The highest BCUT2D eigenvalue weighted by Crippen LogP contribution is 2.36. The van der Waals surface area contributed by atoms with E-state index in [1.807, 2.05) is 11.0 Å². The number of amides is 1. The van der Waals surface area contributed by atoms with Gasteiger partial charge in [-0.2, -0.15) is 0 Å². The summed E-state index contributed by atoms with van der Waals surface area (Å²) in [7, 11) is 1.68. The Hall–Kier alpha value is -1.55. The van der Waals surface area contributed by atoms with Crippen molar-refractivity contribution in [1.82, 2.24) is 4.90 Å². The van der Waals surface area contributed by atoms with E-state index < -0.39 is 0 Å². The number of hydrogen-bond donors (Lipinski definition) is 1. The number of β-amino-alcohol motifs (C(OH)–C–C–N with tert-alkyl or cyclic N) is 1. The predicted octanol–water partition coefficient (Wildman–Crippen LogP) is 2.10. The third-order valence-corrected chi connectivity index (χ3v) is 4.73. The standard InChI is InChI=1S/C17H23NO3/c1-21-15-5-6-16-12(9-15)3-2-4-13(16)10-17(20)18-8-7-14(19)11-18/h5-6,9,13-14,19H,2-4,7-8,10-11H2,1H3/t13?,14-/m1/s1. The number of rotatable bonds is 3. The van der Waals surface area contributed by atoms with E-state index in [1.165, 1.54) is 11.1 Å². The minimum atomic E-state index is -0.336. The maximum absolute atomic E-state index is 12.4. The molecule has 0 saturated carbocycles. The fraction of sp³-hybridized carbons (Fsp3) is 0.588. The Balaban J connectivity index is 1.71. The summed E-state index contributed by atoms with van der Waals surface area (Å²) < 4.78 is 5.29. The van der Waals surface area contributed by atoms with Crippen LogP contribution in [-0.4, -0.2) is 42.2 Å². The third kappa shape index (κ3) is 3.05. The Morgan fingerprint density at radius 1 is 1.43 bits per heavy atom. The quantitative estimate of drug-likeness (QED) is 0.927. The molecule has 1 aliphatic carbocycles. The van der Waals surface area contributed by atoms with Gasteiger partial charge >= 0.3 is 0 Å². The molecule has 1 unspecified atom stereocenters. The molecular formula is C17H23NO3. The van der Waals surface area contributed by atoms with Gasteiger partial charge in [0.15, 0.2) is 0 Å². The topological polar surface area (TPSA) is 49.8 Å². The molecule has 1 aliphatic heterocycles. The van der Waals surface area contributed by atoms with Crippen molar-refractivity contribution in [2.45, 2.75) is 44.1 Å². The van der Waals surface area contributed by atoms with E-state index in [9.17, 15) is 9.90 Å². The van der Waals surface area contributed by atoms with E-state index in [0.29, 0.717) is 31.8 Å². The van der Waals surface area contributed by atoms with E-state index in [0.717, 1.165) is 25.0 Å². The fourth-order valence-electron chi connectivity index (χ4n) is 3.54. The van der Waals surface area contributed by atoms with Gasteiger partial charge in [-0.3, -0.25) is 4.79 Å². The molecule has 4 nitrogen and oxygen atoms in total. The second kappa shape index (κ2) is 6.06. The molecule has 0 bridgehead atoms. The summed E-state index contributed by atoms with van der Waals surface area (Å²) in [6.45, 7) is 1.20. The summed E-state index contributed by atoms with van der Waals surface area (Å²) in [6, 6.07) is 6.21. The second-order valence-electron chi connectivity index (χ2n) is 6.14. The van der Waals surface area contributed by atoms with Crippen molar-refractivity contribution in [3.8, 4) is 5.75 Å². The summed E-state index contributed by atoms with van der Waals surface area (Å²) in [5.74, 6) is 1.38. The van der Waals surface area contributed by atoms with Crippen LogP contribution in [0.4, 0.5) is 0 Å². The number of methoxy groups -OCH3 is 1. The molecule has 0 spiro atoms. The Kier molecular flexibility index (Phi) is 4.15. The highest BCUT2D eigenvalue weighted by molar-refractivity contribution is 5.77. The number of carbonyl (C=O) groups excluding carboxylic acids is 1. The first kappa shape index (κ1) is 14.4. The normalized spacial score (nSPS) is 24.8. The van der Waals surface area contributed by atoms with Crippen LogP contribution in [-0.2, 0) is 11.2 Å². The molecule has 0 radical (unpaired) electrons. The van der Waals surface area contributed by atoms with Crippen molar-refractivity contribution < 1.29 is 14.6 Å². The van der Waals surface area contributed by atoms with Gasteiger partial charge in [-0.1, -0.05) is 6.07 Å². The molecule has 1 N–H and O–H groups in total. The van der Waals surface area contributed by atoms with E-state index in [-0.39, 0.29) is 12.0 Å². The summed E-state index contributed by atoms with van der Waals surface area (Å²) in [4.78, 5) is 14.2. The Labute approximate surface area is 125 Å². The van der Waals surface area contributed by atoms with Gasteiger partial charge in [0.25, 0.3) is 0 Å². The molecule has 4 heteroatoms. The largest absolute Gasteiger partial charge is 0.497 e. The Morgan fingerprint density at radius 3 is 3.00 bits per heavy atom. The minimum absolute atomic E-state index is 0.181. The van der Waals surface area contributed by atoms with Crippen LogP contribution in [0.5, 0.6) is 5.75 Å². The van der Waals surface area contributed by atoms with Crippen LogP contribution in [0, 0.1) is 0 Å². The third-order valence-electron chi connectivity index (χ3n) is 4.73. The highest BCUT2D eigenvalue weighted by atomic mass is 16.5. The van der Waals surface area contributed by atoms with Gasteiger partial charge in [0.1, 0.15) is 5.75 Å². The Morgan fingerprint density at radius 2 is 2.29 bits per heavy atom. The smallest absolute Gasteiger partial charge is 0.223 e. The molecule has 1 aromatic rings. The van der Waals surface area contributed by atoms with E-state index in [1.54, 1.807) is 7.11 Å². The second-order valence-corrected chi connectivity index (χ2v) is 6.14. The van der Waals surface area contributed by atoms with Crippen molar-refractivity contribution in [1.29, 1.82) is 0 Å². The zero-order chi connectivity index (χ0) is 14.8. The molecule has 0 aromatic heterocycles. The summed E-state index contributed by atoms with van der Waals surface area (Å²) in [6.07, 6.45) is 4.20. The number of carbonyl (C=O) groups is 1. The zero-order valence-electron chi connectivity index (χ0n) is 12.5.